The molecule has 0 unspecified atom stereocenters. The summed E-state index contributed by atoms with van der Waals surface area (Å²) in [7, 11) is 0. The Morgan fingerprint density at radius 3 is 2.71 bits per heavy atom. The molecule has 0 saturated heterocycles. The normalized spacial score (nSPS) is 11.5. The van der Waals surface area contributed by atoms with E-state index < -0.39 is 5.97 Å². The van der Waals surface area contributed by atoms with E-state index in [9.17, 15) is 4.79 Å². The molecule has 4 rings (SSSR count). The summed E-state index contributed by atoms with van der Waals surface area (Å²) >= 11 is 0. The zero-order valence-corrected chi connectivity index (χ0v) is 16.3. The number of aryl methyl sites for hydroxylation is 1. The van der Waals surface area contributed by atoms with Crippen LogP contribution in [0.5, 0.6) is 0 Å². The first-order valence-corrected chi connectivity index (χ1v) is 9.62. The molecule has 4 aromatic rings. The number of nitrogens with one attached hydrogen (secondary N) is 1. The van der Waals surface area contributed by atoms with Gasteiger partial charge in [-0.3, -0.25) is 0 Å². The molecule has 9 heteroatoms. The minimum atomic E-state index is -0.432. The Hall–Kier alpha value is -3.23. The van der Waals surface area contributed by atoms with Crippen LogP contribution in [0.4, 0.5) is 5.82 Å². The van der Waals surface area contributed by atoms with E-state index in [2.05, 4.69) is 27.4 Å². The number of esters is 1. The highest BCUT2D eigenvalue weighted by atomic mass is 16.5. The molecule has 0 saturated carbocycles. The lowest BCUT2D eigenvalue weighted by Crippen LogP contribution is -2.09. The zero-order chi connectivity index (χ0) is 19.7. The molecule has 1 N–H and O–H groups in total. The lowest BCUT2D eigenvalue weighted by atomic mass is 10.2. The van der Waals surface area contributed by atoms with Gasteiger partial charge in [-0.15, -0.1) is 0 Å². The highest BCUT2D eigenvalue weighted by molar-refractivity contribution is 6.08. The van der Waals surface area contributed by atoms with Crippen molar-refractivity contribution in [1.29, 1.82) is 0 Å². The molecule has 4 aromatic heterocycles. The second kappa shape index (κ2) is 7.41. The number of nitrogens with zero attached hydrogens (tertiary/aromatic N) is 6. The smallest absolute Gasteiger partial charge is 0.343 e. The SMILES string of the molecule is CCCCNc1nc2c(C(=O)OCC)cnn2c2c1cnc1c2cnn1CC. The maximum atomic E-state index is 12.4. The topological polar surface area (TPSA) is 99.2 Å². The monoisotopic (exact) mass is 381 g/mol. The summed E-state index contributed by atoms with van der Waals surface area (Å²) < 4.78 is 8.69. The molecule has 4 heterocycles. The van der Waals surface area contributed by atoms with Crippen LogP contribution in [0.25, 0.3) is 27.6 Å². The number of carbonyl (C=O) groups is 1. The van der Waals surface area contributed by atoms with Crippen molar-refractivity contribution in [3.05, 3.63) is 24.2 Å². The van der Waals surface area contributed by atoms with E-state index in [1.165, 1.54) is 6.20 Å². The lowest BCUT2D eigenvalue weighted by Gasteiger charge is -2.11. The molecule has 146 valence electrons. The minimum Gasteiger partial charge on any atom is -0.462 e. The predicted octanol–water partition coefficient (Wildman–Crippen LogP) is 3.04. The van der Waals surface area contributed by atoms with Gasteiger partial charge in [-0.1, -0.05) is 13.3 Å². The number of anilines is 1. The summed E-state index contributed by atoms with van der Waals surface area (Å²) in [6.07, 6.45) is 7.17. The molecule has 0 aromatic carbocycles. The van der Waals surface area contributed by atoms with Gasteiger partial charge in [0.05, 0.1) is 35.3 Å². The number of rotatable bonds is 7. The van der Waals surface area contributed by atoms with E-state index in [1.54, 1.807) is 23.8 Å². The van der Waals surface area contributed by atoms with Gasteiger partial charge < -0.3 is 10.1 Å². The molecule has 0 fully saturated rings. The Balaban J connectivity index is 2.02. The molecule has 0 atom stereocenters. The Kier molecular flexibility index (Phi) is 4.81. The molecule has 0 spiro atoms. The number of pyridine rings is 1. The molecule has 0 aliphatic rings. The van der Waals surface area contributed by atoms with Crippen LogP contribution in [-0.2, 0) is 11.3 Å². The third-order valence-electron chi connectivity index (χ3n) is 4.68. The van der Waals surface area contributed by atoms with E-state index in [0.717, 1.165) is 41.3 Å². The number of fused-ring (bicyclic) bond motifs is 5. The van der Waals surface area contributed by atoms with Crippen LogP contribution in [0.15, 0.2) is 18.6 Å². The number of hydrogen-bond acceptors (Lipinski definition) is 7. The Labute approximate surface area is 161 Å². The lowest BCUT2D eigenvalue weighted by molar-refractivity contribution is 0.0528. The average Bonchev–Trinajstić information content (AvgIpc) is 3.31. The first kappa shape index (κ1) is 18.1. The van der Waals surface area contributed by atoms with Gasteiger partial charge >= 0.3 is 5.97 Å². The molecule has 0 aliphatic carbocycles. The average molecular weight is 381 g/mol. The van der Waals surface area contributed by atoms with Crippen LogP contribution in [0.3, 0.4) is 0 Å². The van der Waals surface area contributed by atoms with Gasteiger partial charge in [0.15, 0.2) is 11.3 Å². The summed E-state index contributed by atoms with van der Waals surface area (Å²) in [6, 6.07) is 0. The predicted molar refractivity (Wildman–Crippen MR) is 107 cm³/mol. The van der Waals surface area contributed by atoms with Gasteiger partial charge in [0, 0.05) is 19.3 Å². The number of unbranched alkanes of at least 4 members (excludes halogenated alkanes) is 1. The first-order chi connectivity index (χ1) is 13.7. The van der Waals surface area contributed by atoms with Gasteiger partial charge in [-0.2, -0.15) is 10.2 Å². The molecule has 0 bridgehead atoms. The summed E-state index contributed by atoms with van der Waals surface area (Å²) in [4.78, 5) is 21.7. The molecular formula is C19H23N7O2. The van der Waals surface area contributed by atoms with Crippen molar-refractivity contribution < 1.29 is 9.53 Å². The van der Waals surface area contributed by atoms with Crippen molar-refractivity contribution in [2.24, 2.45) is 0 Å². The molecule has 9 nitrogen and oxygen atoms in total. The second-order valence-corrected chi connectivity index (χ2v) is 6.47. The van der Waals surface area contributed by atoms with Gasteiger partial charge in [-0.05, 0) is 20.3 Å². The fraction of sp³-hybridized carbons (Fsp3) is 0.421. The van der Waals surface area contributed by atoms with E-state index in [1.807, 2.05) is 11.6 Å². The summed E-state index contributed by atoms with van der Waals surface area (Å²) in [5, 5.41) is 13.9. The fourth-order valence-corrected chi connectivity index (χ4v) is 3.30. The summed E-state index contributed by atoms with van der Waals surface area (Å²) in [6.45, 7) is 7.72. The molecule has 0 aliphatic heterocycles. The van der Waals surface area contributed by atoms with Crippen molar-refractivity contribution in [3.8, 4) is 0 Å². The van der Waals surface area contributed by atoms with E-state index >= 15 is 0 Å². The minimum absolute atomic E-state index is 0.294. The van der Waals surface area contributed by atoms with E-state index in [-0.39, 0.29) is 0 Å². The summed E-state index contributed by atoms with van der Waals surface area (Å²) in [5.41, 5.74) is 2.40. The highest BCUT2D eigenvalue weighted by Crippen LogP contribution is 2.29. The van der Waals surface area contributed by atoms with Gasteiger partial charge in [0.1, 0.15) is 11.4 Å². The molecule has 28 heavy (non-hydrogen) atoms. The number of hydrogen-bond donors (Lipinski definition) is 1. The Morgan fingerprint density at radius 2 is 1.96 bits per heavy atom. The van der Waals surface area contributed by atoms with Crippen LogP contribution in [0.2, 0.25) is 0 Å². The largest absolute Gasteiger partial charge is 0.462 e. The third-order valence-corrected chi connectivity index (χ3v) is 4.68. The van der Waals surface area contributed by atoms with Crippen LogP contribution in [-0.4, -0.2) is 48.5 Å². The summed E-state index contributed by atoms with van der Waals surface area (Å²) in [5.74, 6) is 0.249. The van der Waals surface area contributed by atoms with Crippen LogP contribution in [0, 0.1) is 0 Å². The van der Waals surface area contributed by atoms with Crippen molar-refractivity contribution in [2.45, 2.75) is 40.2 Å². The molecule has 0 amide bonds. The molecule has 0 radical (unpaired) electrons. The number of ether oxygens (including phenoxy) is 1. The number of aromatic nitrogens is 6. The van der Waals surface area contributed by atoms with Crippen molar-refractivity contribution in [3.63, 3.8) is 0 Å². The van der Waals surface area contributed by atoms with Crippen molar-refractivity contribution in [1.82, 2.24) is 29.4 Å². The first-order valence-electron chi connectivity index (χ1n) is 9.62. The maximum Gasteiger partial charge on any atom is 0.343 e. The van der Waals surface area contributed by atoms with Gasteiger partial charge in [0.2, 0.25) is 0 Å². The maximum absolute atomic E-state index is 12.4. The van der Waals surface area contributed by atoms with E-state index in [0.29, 0.717) is 30.2 Å². The Morgan fingerprint density at radius 1 is 1.11 bits per heavy atom. The van der Waals surface area contributed by atoms with Gasteiger partial charge in [-0.25, -0.2) is 24.0 Å². The van der Waals surface area contributed by atoms with Gasteiger partial charge in [0.25, 0.3) is 0 Å². The highest BCUT2D eigenvalue weighted by Gasteiger charge is 2.21. The van der Waals surface area contributed by atoms with E-state index in [4.69, 9.17) is 9.72 Å². The standard InChI is InChI=1S/C19H23N7O2/c1-4-7-8-20-16-12-9-21-17-13(10-22-25(17)5-2)15(12)26-18(24-16)14(11-23-26)19(27)28-6-3/h9-11H,4-8H2,1-3H3,(H,20,24). The quantitative estimate of drug-likeness (QED) is 0.388. The van der Waals surface area contributed by atoms with Crippen molar-refractivity contribution >= 4 is 39.4 Å². The van der Waals surface area contributed by atoms with Crippen molar-refractivity contribution in [2.75, 3.05) is 18.5 Å². The Bertz CT molecular complexity index is 1160. The molecular weight excluding hydrogens is 358 g/mol. The fourth-order valence-electron chi connectivity index (χ4n) is 3.30. The third kappa shape index (κ3) is 2.83. The van der Waals surface area contributed by atoms with Crippen LogP contribution >= 0.6 is 0 Å². The zero-order valence-electron chi connectivity index (χ0n) is 16.3. The second-order valence-electron chi connectivity index (χ2n) is 6.47. The van der Waals surface area contributed by atoms with Crippen LogP contribution in [0.1, 0.15) is 44.0 Å². The number of carbonyl (C=O) groups excluding carboxylic acids is 1. The van der Waals surface area contributed by atoms with Crippen LogP contribution < -0.4 is 5.32 Å².